The number of carboxylic acids is 1. The fourth-order valence-electron chi connectivity index (χ4n) is 1.30. The second kappa shape index (κ2) is 4.78. The smallest absolute Gasteiger partial charge is 0.319 e. The van der Waals surface area contributed by atoms with E-state index in [-0.39, 0.29) is 0 Å². The van der Waals surface area contributed by atoms with Crippen molar-refractivity contribution in [3.05, 3.63) is 23.8 Å². The zero-order chi connectivity index (χ0) is 12.3. The van der Waals surface area contributed by atoms with Crippen LogP contribution >= 0.6 is 11.8 Å². The van der Waals surface area contributed by atoms with Gasteiger partial charge in [-0.25, -0.2) is 0 Å². The maximum Gasteiger partial charge on any atom is 0.319 e. The Hall–Kier alpha value is -1.16. The number of carboxylic acid groups (broad SMARTS) is 1. The molecule has 0 amide bonds. The molecule has 0 aliphatic carbocycles. The Bertz CT molecular complexity index is 406. The maximum absolute atomic E-state index is 11.2. The van der Waals surface area contributed by atoms with Gasteiger partial charge in [0.1, 0.15) is 4.75 Å². The van der Waals surface area contributed by atoms with E-state index in [4.69, 9.17) is 5.73 Å². The Morgan fingerprint density at radius 2 is 2.19 bits per heavy atom. The van der Waals surface area contributed by atoms with E-state index in [2.05, 4.69) is 0 Å². The Morgan fingerprint density at radius 3 is 2.62 bits per heavy atom. The van der Waals surface area contributed by atoms with Gasteiger partial charge in [0.05, 0.1) is 0 Å². The van der Waals surface area contributed by atoms with E-state index in [1.165, 1.54) is 11.8 Å². The van der Waals surface area contributed by atoms with Crippen molar-refractivity contribution in [2.45, 2.75) is 36.8 Å². The minimum atomic E-state index is -0.781. The highest BCUT2D eigenvalue weighted by atomic mass is 32.2. The van der Waals surface area contributed by atoms with Gasteiger partial charge in [0.15, 0.2) is 0 Å². The van der Waals surface area contributed by atoms with Crippen LogP contribution < -0.4 is 5.73 Å². The average molecular weight is 239 g/mol. The largest absolute Gasteiger partial charge is 0.480 e. The molecule has 0 aromatic heterocycles. The normalized spacial score (nSPS) is 14.4. The highest BCUT2D eigenvalue weighted by Crippen LogP contribution is 2.37. The third-order valence-electron chi connectivity index (χ3n) is 2.66. The van der Waals surface area contributed by atoms with Gasteiger partial charge in [-0.3, -0.25) is 4.79 Å². The van der Waals surface area contributed by atoms with Crippen LogP contribution in [0, 0.1) is 6.92 Å². The number of thioether (sulfide) groups is 1. The van der Waals surface area contributed by atoms with Crippen molar-refractivity contribution in [1.29, 1.82) is 0 Å². The number of aliphatic carboxylic acids is 1. The van der Waals surface area contributed by atoms with Crippen LogP contribution in [0.4, 0.5) is 5.69 Å². The summed E-state index contributed by atoms with van der Waals surface area (Å²) in [4.78, 5) is 12.2. The number of aryl methyl sites for hydroxylation is 1. The molecule has 1 aromatic carbocycles. The molecule has 0 heterocycles. The van der Waals surface area contributed by atoms with Crippen molar-refractivity contribution in [2.24, 2.45) is 0 Å². The summed E-state index contributed by atoms with van der Waals surface area (Å²) in [7, 11) is 0. The Labute approximate surface area is 100 Å². The van der Waals surface area contributed by atoms with Crippen LogP contribution in [-0.4, -0.2) is 15.8 Å². The molecule has 0 saturated heterocycles. The lowest BCUT2D eigenvalue weighted by atomic mass is 10.1. The Kier molecular flexibility index (Phi) is 3.86. The van der Waals surface area contributed by atoms with Gasteiger partial charge >= 0.3 is 5.97 Å². The summed E-state index contributed by atoms with van der Waals surface area (Å²) in [6.07, 6.45) is 0.580. The van der Waals surface area contributed by atoms with E-state index in [9.17, 15) is 9.90 Å². The maximum atomic E-state index is 11.2. The van der Waals surface area contributed by atoms with Crippen molar-refractivity contribution in [3.63, 3.8) is 0 Å². The highest BCUT2D eigenvalue weighted by Gasteiger charge is 2.32. The van der Waals surface area contributed by atoms with Crippen LogP contribution in [0.1, 0.15) is 25.8 Å². The van der Waals surface area contributed by atoms with E-state index >= 15 is 0 Å². The second-order valence-electron chi connectivity index (χ2n) is 4.02. The molecule has 3 nitrogen and oxygen atoms in total. The number of nitrogen functional groups attached to an aromatic ring is 1. The van der Waals surface area contributed by atoms with Crippen molar-refractivity contribution < 1.29 is 9.90 Å². The molecule has 1 unspecified atom stereocenters. The molecular formula is C12H17NO2S. The van der Waals surface area contributed by atoms with Gasteiger partial charge in [0, 0.05) is 10.6 Å². The number of carbonyl (C=O) groups is 1. The zero-order valence-corrected chi connectivity index (χ0v) is 10.6. The van der Waals surface area contributed by atoms with Crippen molar-refractivity contribution in [1.82, 2.24) is 0 Å². The molecule has 0 spiro atoms. The molecular weight excluding hydrogens is 222 g/mol. The first-order valence-corrected chi connectivity index (χ1v) is 5.99. The lowest BCUT2D eigenvalue weighted by Gasteiger charge is -2.23. The predicted molar refractivity (Wildman–Crippen MR) is 67.8 cm³/mol. The van der Waals surface area contributed by atoms with E-state index in [1.54, 1.807) is 13.0 Å². The molecule has 1 atom stereocenters. The van der Waals surface area contributed by atoms with Crippen molar-refractivity contribution >= 4 is 23.4 Å². The molecule has 0 radical (unpaired) electrons. The molecule has 3 N–H and O–H groups in total. The third-order valence-corrected chi connectivity index (χ3v) is 4.25. The number of benzene rings is 1. The summed E-state index contributed by atoms with van der Waals surface area (Å²) in [5.74, 6) is -0.781. The molecule has 4 heteroatoms. The molecule has 0 saturated carbocycles. The first-order valence-electron chi connectivity index (χ1n) is 5.17. The fourth-order valence-corrected chi connectivity index (χ4v) is 2.37. The average Bonchev–Trinajstić information content (AvgIpc) is 2.22. The summed E-state index contributed by atoms with van der Waals surface area (Å²) < 4.78 is -0.777. The van der Waals surface area contributed by atoms with E-state index < -0.39 is 10.7 Å². The minimum Gasteiger partial charge on any atom is -0.480 e. The SMILES string of the molecule is CCC(C)(Sc1ccc(N)cc1C)C(=O)O. The van der Waals surface area contributed by atoms with Crippen LogP contribution in [0.3, 0.4) is 0 Å². The van der Waals surface area contributed by atoms with E-state index in [1.807, 2.05) is 26.0 Å². The van der Waals surface area contributed by atoms with Gasteiger partial charge < -0.3 is 10.8 Å². The summed E-state index contributed by atoms with van der Waals surface area (Å²) in [6.45, 7) is 5.57. The number of nitrogens with two attached hydrogens (primary N) is 1. The molecule has 88 valence electrons. The van der Waals surface area contributed by atoms with Gasteiger partial charge in [-0.05, 0) is 44.0 Å². The standard InChI is InChI=1S/C12H17NO2S/c1-4-12(3,11(14)15)16-10-6-5-9(13)7-8(10)2/h5-7H,4,13H2,1-3H3,(H,14,15). The van der Waals surface area contributed by atoms with Gasteiger partial charge in [0.2, 0.25) is 0 Å². The van der Waals surface area contributed by atoms with E-state index in [0.717, 1.165) is 10.5 Å². The number of rotatable bonds is 4. The van der Waals surface area contributed by atoms with Crippen LogP contribution in [0.2, 0.25) is 0 Å². The number of hydrogen-bond acceptors (Lipinski definition) is 3. The van der Waals surface area contributed by atoms with Crippen LogP contribution in [-0.2, 0) is 4.79 Å². The van der Waals surface area contributed by atoms with Gasteiger partial charge in [-0.15, -0.1) is 11.8 Å². The Balaban J connectivity index is 2.99. The summed E-state index contributed by atoms with van der Waals surface area (Å²) >= 11 is 1.38. The molecule has 0 aliphatic heterocycles. The lowest BCUT2D eigenvalue weighted by Crippen LogP contribution is -2.30. The molecule has 0 fully saturated rings. The van der Waals surface area contributed by atoms with Crippen molar-refractivity contribution in [3.8, 4) is 0 Å². The predicted octanol–water partition coefficient (Wildman–Crippen LogP) is 2.92. The molecule has 16 heavy (non-hydrogen) atoms. The quantitative estimate of drug-likeness (QED) is 0.626. The monoisotopic (exact) mass is 239 g/mol. The first kappa shape index (κ1) is 12.9. The molecule has 0 aliphatic rings. The Morgan fingerprint density at radius 1 is 1.56 bits per heavy atom. The first-order chi connectivity index (χ1) is 7.39. The fraction of sp³-hybridized carbons (Fsp3) is 0.417. The molecule has 0 bridgehead atoms. The van der Waals surface area contributed by atoms with Crippen LogP contribution in [0.5, 0.6) is 0 Å². The number of anilines is 1. The van der Waals surface area contributed by atoms with Crippen LogP contribution in [0.15, 0.2) is 23.1 Å². The van der Waals surface area contributed by atoms with E-state index in [0.29, 0.717) is 12.1 Å². The second-order valence-corrected chi connectivity index (χ2v) is 5.56. The summed E-state index contributed by atoms with van der Waals surface area (Å²) in [6, 6.07) is 5.54. The van der Waals surface area contributed by atoms with Gasteiger partial charge in [0.25, 0.3) is 0 Å². The van der Waals surface area contributed by atoms with Crippen LogP contribution in [0.25, 0.3) is 0 Å². The summed E-state index contributed by atoms with van der Waals surface area (Å²) in [5, 5.41) is 9.19. The van der Waals surface area contributed by atoms with Crippen molar-refractivity contribution in [2.75, 3.05) is 5.73 Å². The summed E-state index contributed by atoms with van der Waals surface area (Å²) in [5.41, 5.74) is 7.38. The highest BCUT2D eigenvalue weighted by molar-refractivity contribution is 8.01. The zero-order valence-electron chi connectivity index (χ0n) is 9.78. The minimum absolute atomic E-state index is 0.580. The lowest BCUT2D eigenvalue weighted by molar-refractivity contribution is -0.139. The topological polar surface area (TPSA) is 63.3 Å². The van der Waals surface area contributed by atoms with Gasteiger partial charge in [-0.2, -0.15) is 0 Å². The third kappa shape index (κ3) is 2.70. The molecule has 1 aromatic rings. The van der Waals surface area contributed by atoms with Gasteiger partial charge in [-0.1, -0.05) is 6.92 Å². The molecule has 1 rings (SSSR count). The number of hydrogen-bond donors (Lipinski definition) is 2.